The largest absolute Gasteiger partial charge is 0.447 e. The second-order valence-electron chi connectivity index (χ2n) is 7.92. The van der Waals surface area contributed by atoms with Crippen LogP contribution in [0.1, 0.15) is 71.1 Å². The number of amides is 1. The standard InChI is InChI=1S/C19H34FNO6S/c1-2-3-4-5-6-7-8-9-10-11-12-28(25,26)18-15(20)17(23)16(22)14-13-27-19(24)21(14)18/h14-18,22-23H,2-13H2,1H3/t14-,15-,16-,17-,18-/m1/s1. The number of carbonyl (C=O) groups excluding carboxylic acids is 1. The summed E-state index contributed by atoms with van der Waals surface area (Å²) >= 11 is 0. The Bertz CT molecular complexity index is 601. The normalized spacial score (nSPS) is 30.4. The topological polar surface area (TPSA) is 104 Å². The molecule has 0 aromatic heterocycles. The molecule has 0 unspecified atom stereocenters. The summed E-state index contributed by atoms with van der Waals surface area (Å²) in [5.41, 5.74) is 0. The van der Waals surface area contributed by atoms with Gasteiger partial charge in [-0.05, 0) is 6.42 Å². The number of hydrogen-bond acceptors (Lipinski definition) is 6. The van der Waals surface area contributed by atoms with Gasteiger partial charge in [0, 0.05) is 0 Å². The first-order valence-electron chi connectivity index (χ1n) is 10.5. The van der Waals surface area contributed by atoms with E-state index in [1.54, 1.807) is 0 Å². The van der Waals surface area contributed by atoms with Crippen molar-refractivity contribution in [1.82, 2.24) is 4.90 Å². The Labute approximate surface area is 167 Å². The highest BCUT2D eigenvalue weighted by Gasteiger charge is 2.58. The minimum atomic E-state index is -4.00. The van der Waals surface area contributed by atoms with E-state index in [2.05, 4.69) is 6.92 Å². The Morgan fingerprint density at radius 2 is 1.54 bits per heavy atom. The van der Waals surface area contributed by atoms with E-state index in [1.807, 2.05) is 0 Å². The van der Waals surface area contributed by atoms with Crippen molar-refractivity contribution in [3.05, 3.63) is 0 Å². The summed E-state index contributed by atoms with van der Waals surface area (Å²) in [6.45, 7) is 1.93. The van der Waals surface area contributed by atoms with Gasteiger partial charge in [-0.25, -0.2) is 17.6 Å². The zero-order valence-electron chi connectivity index (χ0n) is 16.6. The molecular weight excluding hydrogens is 389 g/mol. The average Bonchev–Trinajstić information content (AvgIpc) is 3.02. The predicted molar refractivity (Wildman–Crippen MR) is 103 cm³/mol. The smallest absolute Gasteiger partial charge is 0.411 e. The van der Waals surface area contributed by atoms with Crippen molar-refractivity contribution < 1.29 is 32.6 Å². The molecule has 2 aliphatic rings. The predicted octanol–water partition coefficient (Wildman–Crippen LogP) is 2.54. The zero-order valence-corrected chi connectivity index (χ0v) is 17.4. The maximum Gasteiger partial charge on any atom is 0.411 e. The summed E-state index contributed by atoms with van der Waals surface area (Å²) in [5.74, 6) is -0.256. The first kappa shape index (κ1) is 23.3. The zero-order chi connectivity index (χ0) is 20.7. The van der Waals surface area contributed by atoms with Crippen LogP contribution in [0, 0.1) is 0 Å². The monoisotopic (exact) mass is 423 g/mol. The second kappa shape index (κ2) is 10.7. The number of halogens is 1. The fraction of sp³-hybridized carbons (Fsp3) is 0.947. The Morgan fingerprint density at radius 3 is 2.11 bits per heavy atom. The lowest BCUT2D eigenvalue weighted by molar-refractivity contribution is -0.101. The first-order valence-corrected chi connectivity index (χ1v) is 12.2. The molecule has 164 valence electrons. The van der Waals surface area contributed by atoms with Gasteiger partial charge >= 0.3 is 6.09 Å². The molecule has 2 rings (SSSR count). The lowest BCUT2D eigenvalue weighted by atomic mass is 9.96. The molecule has 0 aliphatic carbocycles. The number of ether oxygens (including phenoxy) is 1. The SMILES string of the molecule is CCCCCCCCCCCCS(=O)(=O)[C@@H]1[C@H](F)[C@@H](O)[C@H](O)[C@H]2COC(=O)N21. The molecule has 28 heavy (non-hydrogen) atoms. The van der Waals surface area contributed by atoms with Crippen LogP contribution in [0.2, 0.25) is 0 Å². The number of alkyl halides is 1. The Hall–Kier alpha value is -0.930. The number of piperidine rings is 1. The third-order valence-corrected chi connectivity index (χ3v) is 7.79. The maximum atomic E-state index is 14.6. The summed E-state index contributed by atoms with van der Waals surface area (Å²) in [6, 6.07) is -1.04. The van der Waals surface area contributed by atoms with Crippen LogP contribution in [-0.2, 0) is 14.6 Å². The van der Waals surface area contributed by atoms with Gasteiger partial charge in [0.05, 0.1) is 11.8 Å². The van der Waals surface area contributed by atoms with Gasteiger partial charge in [-0.2, -0.15) is 0 Å². The number of fused-ring (bicyclic) bond motifs is 1. The van der Waals surface area contributed by atoms with E-state index < -0.39 is 45.7 Å². The van der Waals surface area contributed by atoms with Crippen LogP contribution < -0.4 is 0 Å². The molecule has 2 fully saturated rings. The third kappa shape index (κ3) is 5.57. The van der Waals surface area contributed by atoms with Crippen molar-refractivity contribution in [1.29, 1.82) is 0 Å². The number of sulfone groups is 1. The van der Waals surface area contributed by atoms with Crippen molar-refractivity contribution >= 4 is 15.9 Å². The van der Waals surface area contributed by atoms with Crippen LogP contribution >= 0.6 is 0 Å². The minimum Gasteiger partial charge on any atom is -0.447 e. The fourth-order valence-electron chi connectivity index (χ4n) is 4.02. The molecule has 2 aliphatic heterocycles. The molecular formula is C19H34FNO6S. The van der Waals surface area contributed by atoms with Gasteiger partial charge in [-0.3, -0.25) is 4.90 Å². The van der Waals surface area contributed by atoms with Crippen molar-refractivity contribution in [2.45, 2.75) is 101 Å². The molecule has 0 aromatic carbocycles. The van der Waals surface area contributed by atoms with Crippen LogP contribution in [0.5, 0.6) is 0 Å². The van der Waals surface area contributed by atoms with E-state index in [0.29, 0.717) is 6.42 Å². The molecule has 0 aromatic rings. The minimum absolute atomic E-state index is 0.256. The number of cyclic esters (lactones) is 1. The van der Waals surface area contributed by atoms with Crippen LogP contribution in [0.15, 0.2) is 0 Å². The van der Waals surface area contributed by atoms with E-state index in [-0.39, 0.29) is 12.4 Å². The molecule has 2 saturated heterocycles. The summed E-state index contributed by atoms with van der Waals surface area (Å²) in [4.78, 5) is 12.6. The number of hydrogen-bond donors (Lipinski definition) is 2. The van der Waals surface area contributed by atoms with Gasteiger partial charge in [0.2, 0.25) is 0 Å². The molecule has 5 atom stereocenters. The average molecular weight is 424 g/mol. The van der Waals surface area contributed by atoms with E-state index in [1.165, 1.54) is 32.1 Å². The van der Waals surface area contributed by atoms with Crippen LogP contribution in [0.3, 0.4) is 0 Å². The first-order chi connectivity index (χ1) is 13.3. The lowest BCUT2D eigenvalue weighted by Gasteiger charge is -2.42. The fourth-order valence-corrected chi connectivity index (χ4v) is 6.02. The molecule has 0 bridgehead atoms. The highest BCUT2D eigenvalue weighted by atomic mass is 32.2. The summed E-state index contributed by atoms with van der Waals surface area (Å²) in [7, 11) is -4.00. The maximum absolute atomic E-state index is 14.6. The molecule has 2 heterocycles. The summed E-state index contributed by atoms with van der Waals surface area (Å²) < 4.78 is 44.7. The van der Waals surface area contributed by atoms with Gasteiger partial charge in [0.1, 0.15) is 18.8 Å². The van der Waals surface area contributed by atoms with Crippen LogP contribution in [0.25, 0.3) is 0 Å². The number of aliphatic hydroxyl groups excluding tert-OH is 2. The van der Waals surface area contributed by atoms with E-state index in [0.717, 1.165) is 30.6 Å². The van der Waals surface area contributed by atoms with Crippen molar-refractivity contribution in [3.63, 3.8) is 0 Å². The van der Waals surface area contributed by atoms with Crippen molar-refractivity contribution in [2.75, 3.05) is 12.4 Å². The van der Waals surface area contributed by atoms with Crippen LogP contribution in [0.4, 0.5) is 9.18 Å². The third-order valence-electron chi connectivity index (χ3n) is 5.71. The second-order valence-corrected chi connectivity index (χ2v) is 10.1. The Balaban J connectivity index is 1.79. The highest BCUT2D eigenvalue weighted by Crippen LogP contribution is 2.34. The lowest BCUT2D eigenvalue weighted by Crippen LogP contribution is -2.66. The molecule has 2 N–H and O–H groups in total. The molecule has 0 spiro atoms. The van der Waals surface area contributed by atoms with Crippen molar-refractivity contribution in [2.24, 2.45) is 0 Å². The molecule has 7 nitrogen and oxygen atoms in total. The molecule has 9 heteroatoms. The number of aliphatic hydroxyl groups is 2. The number of rotatable bonds is 12. The quantitative estimate of drug-likeness (QED) is 0.468. The van der Waals surface area contributed by atoms with Gasteiger partial charge in [-0.1, -0.05) is 64.7 Å². The van der Waals surface area contributed by atoms with Gasteiger partial charge in [-0.15, -0.1) is 0 Å². The van der Waals surface area contributed by atoms with Gasteiger partial charge < -0.3 is 14.9 Å². The van der Waals surface area contributed by atoms with E-state index in [9.17, 15) is 27.8 Å². The van der Waals surface area contributed by atoms with Gasteiger partial charge in [0.25, 0.3) is 0 Å². The highest BCUT2D eigenvalue weighted by molar-refractivity contribution is 7.92. The number of unbranched alkanes of at least 4 members (excludes halogenated alkanes) is 9. The molecule has 0 radical (unpaired) electrons. The number of carbonyl (C=O) groups is 1. The summed E-state index contributed by atoms with van der Waals surface area (Å²) in [5, 5.41) is 18.0. The number of nitrogens with zero attached hydrogens (tertiary/aromatic N) is 1. The Morgan fingerprint density at radius 1 is 1.00 bits per heavy atom. The molecule has 1 amide bonds. The molecule has 0 saturated carbocycles. The Kier molecular flexibility index (Phi) is 8.95. The van der Waals surface area contributed by atoms with E-state index in [4.69, 9.17) is 4.74 Å². The van der Waals surface area contributed by atoms with Gasteiger partial charge in [0.15, 0.2) is 21.4 Å². The van der Waals surface area contributed by atoms with Crippen molar-refractivity contribution in [3.8, 4) is 0 Å². The summed E-state index contributed by atoms with van der Waals surface area (Å²) in [6.07, 6.45) is 3.75. The van der Waals surface area contributed by atoms with E-state index >= 15 is 0 Å². The van der Waals surface area contributed by atoms with Crippen LogP contribution in [-0.4, -0.2) is 71.8 Å².